The van der Waals surface area contributed by atoms with E-state index in [2.05, 4.69) is 5.32 Å². The number of nitrogens with one attached hydrogen (secondary N) is 1. The lowest BCUT2D eigenvalue weighted by Gasteiger charge is -2.27. The van der Waals surface area contributed by atoms with E-state index >= 15 is 0 Å². The number of carbonyl (C=O) groups excluding carboxylic acids is 2. The van der Waals surface area contributed by atoms with Gasteiger partial charge >= 0.3 is 0 Å². The SMILES string of the molecule is C[C@H](O)c1ccc(N2CC(=O)NC(=O)C2)c(F)c1. The van der Waals surface area contributed by atoms with E-state index in [1.807, 2.05) is 0 Å². The monoisotopic (exact) mass is 252 g/mol. The lowest BCUT2D eigenvalue weighted by atomic mass is 10.1. The molecule has 18 heavy (non-hydrogen) atoms. The van der Waals surface area contributed by atoms with Crippen LogP contribution in [0.1, 0.15) is 18.6 Å². The van der Waals surface area contributed by atoms with E-state index in [4.69, 9.17) is 0 Å². The third-order valence-corrected chi connectivity index (χ3v) is 2.74. The first kappa shape index (κ1) is 12.5. The fourth-order valence-corrected chi connectivity index (χ4v) is 1.85. The van der Waals surface area contributed by atoms with Gasteiger partial charge in [0.1, 0.15) is 5.82 Å². The topological polar surface area (TPSA) is 69.6 Å². The Labute approximate surface area is 103 Å². The zero-order valence-corrected chi connectivity index (χ0v) is 9.81. The second-order valence-corrected chi connectivity index (χ2v) is 4.21. The van der Waals surface area contributed by atoms with Crippen LogP contribution in [0.3, 0.4) is 0 Å². The van der Waals surface area contributed by atoms with E-state index in [0.717, 1.165) is 0 Å². The summed E-state index contributed by atoms with van der Waals surface area (Å²) in [4.78, 5) is 23.8. The van der Waals surface area contributed by atoms with Crippen molar-refractivity contribution in [2.75, 3.05) is 18.0 Å². The van der Waals surface area contributed by atoms with Crippen LogP contribution in [0.15, 0.2) is 18.2 Å². The minimum atomic E-state index is -0.764. The van der Waals surface area contributed by atoms with Crippen molar-refractivity contribution in [1.82, 2.24) is 5.32 Å². The van der Waals surface area contributed by atoms with Crippen molar-refractivity contribution in [3.05, 3.63) is 29.6 Å². The molecule has 5 nitrogen and oxygen atoms in total. The fourth-order valence-electron chi connectivity index (χ4n) is 1.85. The molecule has 2 amide bonds. The molecule has 0 bridgehead atoms. The number of hydrogen-bond acceptors (Lipinski definition) is 4. The summed E-state index contributed by atoms with van der Waals surface area (Å²) in [5.41, 5.74) is 0.631. The van der Waals surface area contributed by atoms with E-state index in [9.17, 15) is 19.1 Å². The quantitative estimate of drug-likeness (QED) is 0.745. The van der Waals surface area contributed by atoms with Crippen LogP contribution < -0.4 is 10.2 Å². The Kier molecular flexibility index (Phi) is 3.29. The molecule has 1 atom stereocenters. The maximum Gasteiger partial charge on any atom is 0.246 e. The first-order valence-electron chi connectivity index (χ1n) is 5.52. The minimum absolute atomic E-state index is 0.0588. The van der Waals surface area contributed by atoms with Gasteiger partial charge in [0.15, 0.2) is 0 Å². The Bertz CT molecular complexity index is 486. The van der Waals surface area contributed by atoms with Crippen LogP contribution >= 0.6 is 0 Å². The van der Waals surface area contributed by atoms with Crippen LogP contribution in [-0.2, 0) is 9.59 Å². The van der Waals surface area contributed by atoms with Gasteiger partial charge in [-0.2, -0.15) is 0 Å². The first-order chi connectivity index (χ1) is 8.47. The summed E-state index contributed by atoms with van der Waals surface area (Å²) < 4.78 is 13.9. The molecule has 1 aromatic rings. The zero-order chi connectivity index (χ0) is 13.3. The number of nitrogens with zero attached hydrogens (tertiary/aromatic N) is 1. The average molecular weight is 252 g/mol. The molecule has 0 radical (unpaired) electrons. The Morgan fingerprint density at radius 2 is 1.94 bits per heavy atom. The second kappa shape index (κ2) is 4.73. The average Bonchev–Trinajstić information content (AvgIpc) is 2.27. The van der Waals surface area contributed by atoms with Gasteiger partial charge in [-0.25, -0.2) is 4.39 Å². The number of halogens is 1. The van der Waals surface area contributed by atoms with Gasteiger partial charge in [-0.05, 0) is 24.6 Å². The number of aliphatic hydroxyl groups is 1. The third kappa shape index (κ3) is 2.48. The summed E-state index contributed by atoms with van der Waals surface area (Å²) in [5, 5.41) is 11.5. The van der Waals surface area contributed by atoms with E-state index in [-0.39, 0.29) is 18.8 Å². The van der Waals surface area contributed by atoms with Crippen molar-refractivity contribution in [3.63, 3.8) is 0 Å². The molecular weight excluding hydrogens is 239 g/mol. The standard InChI is InChI=1S/C12H13FN2O3/c1-7(16)8-2-3-10(9(13)4-8)15-5-11(17)14-12(18)6-15/h2-4,7,16H,5-6H2,1H3,(H,14,17,18)/t7-/m0/s1. The third-order valence-electron chi connectivity index (χ3n) is 2.74. The molecule has 1 aliphatic rings. The number of rotatable bonds is 2. The number of imide groups is 1. The molecular formula is C12H13FN2O3. The lowest BCUT2D eigenvalue weighted by Crippen LogP contribution is -2.51. The van der Waals surface area contributed by atoms with Crippen molar-refractivity contribution in [2.45, 2.75) is 13.0 Å². The molecule has 6 heteroatoms. The highest BCUT2D eigenvalue weighted by Crippen LogP contribution is 2.23. The van der Waals surface area contributed by atoms with E-state index in [1.165, 1.54) is 24.0 Å². The van der Waals surface area contributed by atoms with Crippen LogP contribution in [0, 0.1) is 5.82 Å². The van der Waals surface area contributed by atoms with Gasteiger partial charge in [0.25, 0.3) is 0 Å². The van der Waals surface area contributed by atoms with Crippen molar-refractivity contribution < 1.29 is 19.1 Å². The van der Waals surface area contributed by atoms with Crippen LogP contribution in [0.5, 0.6) is 0 Å². The Hall–Kier alpha value is -1.95. The van der Waals surface area contributed by atoms with Gasteiger partial charge in [-0.15, -0.1) is 0 Å². The lowest BCUT2D eigenvalue weighted by molar-refractivity contribution is -0.130. The van der Waals surface area contributed by atoms with Gasteiger partial charge in [-0.3, -0.25) is 14.9 Å². The van der Waals surface area contributed by atoms with Crippen LogP contribution in [0.25, 0.3) is 0 Å². The highest BCUT2D eigenvalue weighted by Gasteiger charge is 2.24. The molecule has 1 heterocycles. The Morgan fingerprint density at radius 1 is 1.33 bits per heavy atom. The van der Waals surface area contributed by atoms with Gasteiger partial charge in [0.2, 0.25) is 11.8 Å². The number of hydrogen-bond donors (Lipinski definition) is 2. The normalized spacial score (nSPS) is 17.6. The van der Waals surface area contributed by atoms with Crippen LogP contribution in [-0.4, -0.2) is 30.0 Å². The highest BCUT2D eigenvalue weighted by atomic mass is 19.1. The maximum atomic E-state index is 13.9. The van der Waals surface area contributed by atoms with Crippen molar-refractivity contribution in [2.24, 2.45) is 0 Å². The number of carbonyl (C=O) groups is 2. The summed E-state index contributed by atoms with van der Waals surface area (Å²) >= 11 is 0. The molecule has 2 N–H and O–H groups in total. The van der Waals surface area contributed by atoms with Gasteiger partial charge < -0.3 is 10.0 Å². The van der Waals surface area contributed by atoms with Crippen molar-refractivity contribution >= 4 is 17.5 Å². The van der Waals surface area contributed by atoms with Crippen molar-refractivity contribution in [3.8, 4) is 0 Å². The van der Waals surface area contributed by atoms with Gasteiger partial charge in [0.05, 0.1) is 24.9 Å². The Morgan fingerprint density at radius 3 is 2.44 bits per heavy atom. The van der Waals surface area contributed by atoms with Crippen molar-refractivity contribution in [1.29, 1.82) is 0 Å². The van der Waals surface area contributed by atoms with Crippen LogP contribution in [0.4, 0.5) is 10.1 Å². The molecule has 1 aromatic carbocycles. The zero-order valence-electron chi connectivity index (χ0n) is 9.81. The van der Waals surface area contributed by atoms with Gasteiger partial charge in [0, 0.05) is 0 Å². The molecule has 1 fully saturated rings. The van der Waals surface area contributed by atoms with E-state index in [0.29, 0.717) is 5.56 Å². The molecule has 0 unspecified atom stereocenters. The maximum absolute atomic E-state index is 13.9. The Balaban J connectivity index is 2.28. The molecule has 0 saturated carbocycles. The highest BCUT2D eigenvalue weighted by molar-refractivity contribution is 6.02. The van der Waals surface area contributed by atoms with E-state index < -0.39 is 23.7 Å². The number of anilines is 1. The summed E-state index contributed by atoms with van der Waals surface area (Å²) in [7, 11) is 0. The van der Waals surface area contributed by atoms with Gasteiger partial charge in [-0.1, -0.05) is 6.07 Å². The number of aliphatic hydroxyl groups excluding tert-OH is 1. The summed E-state index contributed by atoms with van der Waals surface area (Å²) in [6.45, 7) is 1.42. The largest absolute Gasteiger partial charge is 0.389 e. The summed E-state index contributed by atoms with van der Waals surface area (Å²) in [6.07, 6.45) is -0.764. The minimum Gasteiger partial charge on any atom is -0.389 e. The molecule has 1 saturated heterocycles. The number of amides is 2. The molecule has 2 rings (SSSR count). The van der Waals surface area contributed by atoms with E-state index in [1.54, 1.807) is 6.07 Å². The first-order valence-corrected chi connectivity index (χ1v) is 5.52. The predicted molar refractivity (Wildman–Crippen MR) is 62.4 cm³/mol. The summed E-state index contributed by atoms with van der Waals surface area (Å²) in [5.74, 6) is -1.47. The molecule has 1 aliphatic heterocycles. The smallest absolute Gasteiger partial charge is 0.246 e. The second-order valence-electron chi connectivity index (χ2n) is 4.21. The number of benzene rings is 1. The molecule has 96 valence electrons. The fraction of sp³-hybridized carbons (Fsp3) is 0.333. The molecule has 0 aliphatic carbocycles. The predicted octanol–water partition coefficient (Wildman–Crippen LogP) is 0.342. The molecule has 0 spiro atoms. The summed E-state index contributed by atoms with van der Waals surface area (Å²) in [6, 6.07) is 4.24. The van der Waals surface area contributed by atoms with Crippen LogP contribution in [0.2, 0.25) is 0 Å². The molecule has 0 aromatic heterocycles. The number of piperazine rings is 1.